The number of ether oxygens (including phenoxy) is 1. The van der Waals surface area contributed by atoms with Crippen LogP contribution in [0.25, 0.3) is 10.9 Å². The monoisotopic (exact) mass is 451 g/mol. The molecule has 4 rings (SSSR count). The van der Waals surface area contributed by atoms with E-state index < -0.39 is 5.25 Å². The summed E-state index contributed by atoms with van der Waals surface area (Å²) in [5, 5.41) is 3.31. The lowest BCUT2D eigenvalue weighted by molar-refractivity contribution is -0.114. The predicted octanol–water partition coefficient (Wildman–Crippen LogP) is 3.90. The molecule has 1 amide bonds. The average Bonchev–Trinajstić information content (AvgIpc) is 3.29. The van der Waals surface area contributed by atoms with Crippen LogP contribution in [0, 0.1) is 0 Å². The molecule has 2 heterocycles. The molecule has 3 aromatic rings. The molecular formula is C24H25N3O4S. The highest BCUT2D eigenvalue weighted by Gasteiger charge is 2.23. The van der Waals surface area contributed by atoms with E-state index in [-0.39, 0.29) is 23.4 Å². The number of nitrogens with one attached hydrogen (secondary N) is 1. The number of ketones is 1. The molecule has 1 saturated heterocycles. The van der Waals surface area contributed by atoms with Crippen LogP contribution >= 0.6 is 11.8 Å². The van der Waals surface area contributed by atoms with Gasteiger partial charge in [0.05, 0.1) is 28.8 Å². The Hall–Kier alpha value is -2.97. The molecule has 1 aromatic heterocycles. The van der Waals surface area contributed by atoms with E-state index in [1.165, 1.54) is 18.7 Å². The van der Waals surface area contributed by atoms with Crippen molar-refractivity contribution < 1.29 is 14.3 Å². The number of carbonyl (C=O) groups is 2. The molecule has 2 aromatic carbocycles. The summed E-state index contributed by atoms with van der Waals surface area (Å²) in [5.74, 6) is -0.241. The van der Waals surface area contributed by atoms with E-state index in [1.54, 1.807) is 34.9 Å². The number of para-hydroxylation sites is 1. The van der Waals surface area contributed by atoms with Crippen molar-refractivity contribution in [2.24, 2.45) is 0 Å². The Morgan fingerprint density at radius 1 is 1.22 bits per heavy atom. The fourth-order valence-corrected chi connectivity index (χ4v) is 4.75. The zero-order valence-corrected chi connectivity index (χ0v) is 18.9. The van der Waals surface area contributed by atoms with Gasteiger partial charge in [0.15, 0.2) is 10.9 Å². The Morgan fingerprint density at radius 3 is 2.66 bits per heavy atom. The van der Waals surface area contributed by atoms with Crippen LogP contribution < -0.4 is 10.9 Å². The largest absolute Gasteiger partial charge is 0.376 e. The number of rotatable bonds is 7. The second-order valence-corrected chi connectivity index (χ2v) is 9.15. The minimum atomic E-state index is -0.453. The highest BCUT2D eigenvalue weighted by Crippen LogP contribution is 2.26. The molecule has 7 nitrogen and oxygen atoms in total. The fraction of sp³-hybridized carbons (Fsp3) is 0.333. The van der Waals surface area contributed by atoms with Crippen LogP contribution in [-0.2, 0) is 16.1 Å². The maximum atomic E-state index is 13.2. The molecule has 1 aliphatic heterocycles. The first-order valence-corrected chi connectivity index (χ1v) is 11.5. The van der Waals surface area contributed by atoms with Crippen molar-refractivity contribution in [1.82, 2.24) is 9.55 Å². The molecule has 2 unspecified atom stereocenters. The maximum Gasteiger partial charge on any atom is 0.262 e. The molecule has 0 radical (unpaired) electrons. The molecule has 0 bridgehead atoms. The van der Waals surface area contributed by atoms with E-state index in [9.17, 15) is 14.4 Å². The normalized spacial score (nSPS) is 16.8. The van der Waals surface area contributed by atoms with Gasteiger partial charge in [0.2, 0.25) is 5.91 Å². The Kier molecular flexibility index (Phi) is 6.72. The number of benzene rings is 2. The average molecular weight is 452 g/mol. The topological polar surface area (TPSA) is 90.3 Å². The van der Waals surface area contributed by atoms with Crippen LogP contribution in [-0.4, -0.2) is 39.2 Å². The molecule has 2 atom stereocenters. The number of hydrogen-bond donors (Lipinski definition) is 1. The summed E-state index contributed by atoms with van der Waals surface area (Å²) < 4.78 is 7.39. The third-order valence-electron chi connectivity index (χ3n) is 5.38. The van der Waals surface area contributed by atoms with E-state index in [2.05, 4.69) is 5.32 Å². The second kappa shape index (κ2) is 9.67. The molecule has 0 saturated carbocycles. The smallest absolute Gasteiger partial charge is 0.262 e. The lowest BCUT2D eigenvalue weighted by atomic mass is 10.1. The molecule has 1 aliphatic rings. The van der Waals surface area contributed by atoms with Crippen molar-refractivity contribution in [3.63, 3.8) is 0 Å². The standard InChI is InChI=1S/C24H25N3O4S/c1-15(22(29)17-9-11-18(12-10-17)25-16(2)28)32-24-26-21-8-4-3-7-20(21)23(30)27(24)14-19-6-5-13-31-19/h3-4,7-12,15,19H,5-6,13-14H2,1-2H3,(H,25,28). The van der Waals surface area contributed by atoms with Gasteiger partial charge in [-0.2, -0.15) is 0 Å². The van der Waals surface area contributed by atoms with Crippen molar-refractivity contribution >= 4 is 40.0 Å². The van der Waals surface area contributed by atoms with Crippen molar-refractivity contribution in [2.75, 3.05) is 11.9 Å². The quantitative estimate of drug-likeness (QED) is 0.333. The van der Waals surface area contributed by atoms with Crippen molar-refractivity contribution in [2.45, 2.75) is 49.7 Å². The Labute approximate surface area is 190 Å². The number of carbonyl (C=O) groups excluding carboxylic acids is 2. The van der Waals surface area contributed by atoms with Crippen LogP contribution in [0.5, 0.6) is 0 Å². The second-order valence-electron chi connectivity index (χ2n) is 7.85. The number of amides is 1. The van der Waals surface area contributed by atoms with Crippen LogP contribution in [0.4, 0.5) is 5.69 Å². The third-order valence-corrected chi connectivity index (χ3v) is 6.47. The van der Waals surface area contributed by atoms with Crippen LogP contribution in [0.1, 0.15) is 37.0 Å². The maximum absolute atomic E-state index is 13.2. The van der Waals surface area contributed by atoms with E-state index >= 15 is 0 Å². The summed E-state index contributed by atoms with van der Waals surface area (Å²) in [5.41, 5.74) is 1.67. The van der Waals surface area contributed by atoms with Crippen LogP contribution in [0.2, 0.25) is 0 Å². The van der Waals surface area contributed by atoms with E-state index in [0.29, 0.717) is 40.5 Å². The van der Waals surface area contributed by atoms with E-state index in [1.807, 2.05) is 25.1 Å². The number of fused-ring (bicyclic) bond motifs is 1. The molecule has 1 fully saturated rings. The van der Waals surface area contributed by atoms with Gasteiger partial charge in [-0.05, 0) is 56.2 Å². The summed E-state index contributed by atoms with van der Waals surface area (Å²) >= 11 is 1.28. The summed E-state index contributed by atoms with van der Waals surface area (Å²) in [6.45, 7) is 4.37. The first-order chi connectivity index (χ1) is 15.4. The molecule has 8 heteroatoms. The highest BCUT2D eigenvalue weighted by atomic mass is 32.2. The highest BCUT2D eigenvalue weighted by molar-refractivity contribution is 8.00. The number of aromatic nitrogens is 2. The number of nitrogens with zero attached hydrogens (tertiary/aromatic N) is 2. The van der Waals surface area contributed by atoms with E-state index in [0.717, 1.165) is 12.8 Å². The van der Waals surface area contributed by atoms with Gasteiger partial charge in [0, 0.05) is 24.8 Å². The van der Waals surface area contributed by atoms with Gasteiger partial charge in [-0.15, -0.1) is 0 Å². The van der Waals surface area contributed by atoms with Gasteiger partial charge in [0.25, 0.3) is 5.56 Å². The fourth-order valence-electron chi connectivity index (χ4n) is 3.76. The predicted molar refractivity (Wildman–Crippen MR) is 125 cm³/mol. The van der Waals surface area contributed by atoms with Gasteiger partial charge in [-0.3, -0.25) is 19.0 Å². The van der Waals surface area contributed by atoms with Gasteiger partial charge in [-0.1, -0.05) is 23.9 Å². The zero-order valence-electron chi connectivity index (χ0n) is 18.0. The molecule has 32 heavy (non-hydrogen) atoms. The van der Waals surface area contributed by atoms with Crippen LogP contribution in [0.15, 0.2) is 58.5 Å². The van der Waals surface area contributed by atoms with Gasteiger partial charge in [0.1, 0.15) is 0 Å². The first kappa shape index (κ1) is 22.2. The van der Waals surface area contributed by atoms with Gasteiger partial charge in [-0.25, -0.2) is 4.98 Å². The number of thioether (sulfide) groups is 1. The number of hydrogen-bond acceptors (Lipinski definition) is 6. The SMILES string of the molecule is CC(=O)Nc1ccc(C(=O)C(C)Sc2nc3ccccc3c(=O)n2CC2CCCO2)cc1. The first-order valence-electron chi connectivity index (χ1n) is 10.6. The third kappa shape index (κ3) is 4.92. The lowest BCUT2D eigenvalue weighted by Crippen LogP contribution is -2.29. The Morgan fingerprint density at radius 2 is 1.97 bits per heavy atom. The lowest BCUT2D eigenvalue weighted by Gasteiger charge is -2.18. The summed E-state index contributed by atoms with van der Waals surface area (Å²) in [7, 11) is 0. The molecular weight excluding hydrogens is 426 g/mol. The summed E-state index contributed by atoms with van der Waals surface area (Å²) in [4.78, 5) is 42.2. The number of anilines is 1. The Balaban J connectivity index is 1.61. The zero-order chi connectivity index (χ0) is 22.7. The van der Waals surface area contributed by atoms with Crippen LogP contribution in [0.3, 0.4) is 0 Å². The van der Waals surface area contributed by atoms with Gasteiger partial charge < -0.3 is 10.1 Å². The minimum Gasteiger partial charge on any atom is -0.376 e. The minimum absolute atomic E-state index is 0.0256. The summed E-state index contributed by atoms with van der Waals surface area (Å²) in [6, 6.07) is 14.0. The molecule has 0 aliphatic carbocycles. The van der Waals surface area contributed by atoms with E-state index in [4.69, 9.17) is 9.72 Å². The molecule has 0 spiro atoms. The molecule has 166 valence electrons. The van der Waals surface area contributed by atoms with Gasteiger partial charge >= 0.3 is 0 Å². The Bertz CT molecular complexity index is 1200. The molecule has 1 N–H and O–H groups in total. The van der Waals surface area contributed by atoms with Crippen molar-refractivity contribution in [1.29, 1.82) is 0 Å². The van der Waals surface area contributed by atoms with Crippen molar-refractivity contribution in [3.05, 3.63) is 64.4 Å². The number of Topliss-reactive ketones (excluding diaryl/α,β-unsaturated/α-hetero) is 1. The summed E-state index contributed by atoms with van der Waals surface area (Å²) in [6.07, 6.45) is 1.85. The van der Waals surface area contributed by atoms with Crippen molar-refractivity contribution in [3.8, 4) is 0 Å².